The van der Waals surface area contributed by atoms with Crippen molar-refractivity contribution in [2.75, 3.05) is 11.4 Å². The summed E-state index contributed by atoms with van der Waals surface area (Å²) in [5.74, 6) is 0. The van der Waals surface area contributed by atoms with Crippen molar-refractivity contribution in [3.8, 4) is 6.07 Å². The average Bonchev–Trinajstić information content (AvgIpc) is 2.18. The van der Waals surface area contributed by atoms with Crippen LogP contribution < -0.4 is 4.90 Å². The van der Waals surface area contributed by atoms with Crippen LogP contribution in [-0.2, 0) is 0 Å². The van der Waals surface area contributed by atoms with Gasteiger partial charge in [0.05, 0.1) is 11.3 Å². The molecule has 2 nitrogen and oxygen atoms in total. The summed E-state index contributed by atoms with van der Waals surface area (Å²) in [6.07, 6.45) is 0. The summed E-state index contributed by atoms with van der Waals surface area (Å²) in [6.45, 7) is 7.27. The number of nitrogens with zero attached hydrogens (tertiary/aromatic N) is 2. The molecule has 0 saturated carbocycles. The van der Waals surface area contributed by atoms with Crippen LogP contribution in [0, 0.1) is 11.3 Å². The van der Waals surface area contributed by atoms with Gasteiger partial charge >= 0.3 is 0 Å². The number of nitriles is 1. The fourth-order valence-electron chi connectivity index (χ4n) is 1.65. The molecule has 0 spiro atoms. The van der Waals surface area contributed by atoms with Gasteiger partial charge in [0, 0.05) is 17.1 Å². The fraction of sp³-hybridized carbons (Fsp3) is 0.417. The van der Waals surface area contributed by atoms with Gasteiger partial charge in [0.25, 0.3) is 0 Å². The van der Waals surface area contributed by atoms with Crippen LogP contribution in [0.4, 0.5) is 5.69 Å². The Balaban J connectivity index is 3.21. The van der Waals surface area contributed by atoms with Crippen LogP contribution in [0.25, 0.3) is 0 Å². The molecule has 0 N–H and O–H groups in total. The summed E-state index contributed by atoms with van der Waals surface area (Å²) in [5.41, 5.74) is 1.73. The second-order valence-electron chi connectivity index (χ2n) is 3.65. The highest BCUT2D eigenvalue weighted by molar-refractivity contribution is 9.10. The summed E-state index contributed by atoms with van der Waals surface area (Å²) in [6, 6.07) is 8.38. The van der Waals surface area contributed by atoms with Crippen molar-refractivity contribution in [1.82, 2.24) is 0 Å². The largest absolute Gasteiger partial charge is 0.368 e. The van der Waals surface area contributed by atoms with Gasteiger partial charge in [0.15, 0.2) is 0 Å². The molecule has 1 aromatic rings. The monoisotopic (exact) mass is 266 g/mol. The van der Waals surface area contributed by atoms with Crippen molar-refractivity contribution in [1.29, 1.82) is 5.26 Å². The van der Waals surface area contributed by atoms with Crippen LogP contribution in [0.3, 0.4) is 0 Å². The van der Waals surface area contributed by atoms with Crippen LogP contribution in [0.5, 0.6) is 0 Å². The Morgan fingerprint density at radius 3 is 2.60 bits per heavy atom. The first-order chi connectivity index (χ1) is 7.10. The van der Waals surface area contributed by atoms with Gasteiger partial charge in [-0.15, -0.1) is 0 Å². The molecular weight excluding hydrogens is 252 g/mol. The van der Waals surface area contributed by atoms with Gasteiger partial charge in [-0.05, 0) is 39.0 Å². The maximum atomic E-state index is 9.04. The Hall–Kier alpha value is -1.01. The Morgan fingerprint density at radius 1 is 1.47 bits per heavy atom. The molecular formula is C12H15BrN2. The van der Waals surface area contributed by atoms with Crippen LogP contribution in [0.2, 0.25) is 0 Å². The van der Waals surface area contributed by atoms with E-state index in [9.17, 15) is 0 Å². The van der Waals surface area contributed by atoms with E-state index in [1.54, 1.807) is 0 Å². The Labute approximate surface area is 99.6 Å². The van der Waals surface area contributed by atoms with Crippen molar-refractivity contribution >= 4 is 21.6 Å². The first kappa shape index (κ1) is 12.1. The summed E-state index contributed by atoms with van der Waals surface area (Å²) >= 11 is 3.44. The second-order valence-corrected chi connectivity index (χ2v) is 4.57. The SMILES string of the molecule is CCN(c1cc(Br)ccc1C#N)C(C)C. The van der Waals surface area contributed by atoms with Crippen molar-refractivity contribution in [2.45, 2.75) is 26.8 Å². The first-order valence-corrected chi connectivity index (χ1v) is 5.85. The highest BCUT2D eigenvalue weighted by Crippen LogP contribution is 2.26. The lowest BCUT2D eigenvalue weighted by atomic mass is 10.1. The molecule has 0 saturated heterocycles. The maximum absolute atomic E-state index is 9.04. The minimum absolute atomic E-state index is 0.399. The molecule has 0 aromatic heterocycles. The van der Waals surface area contributed by atoms with Gasteiger partial charge in [-0.1, -0.05) is 15.9 Å². The van der Waals surface area contributed by atoms with Crippen molar-refractivity contribution in [2.24, 2.45) is 0 Å². The lowest BCUT2D eigenvalue weighted by Crippen LogP contribution is -2.30. The summed E-state index contributed by atoms with van der Waals surface area (Å²) < 4.78 is 1.01. The molecule has 0 amide bonds. The van der Waals surface area contributed by atoms with E-state index in [1.165, 1.54) is 0 Å². The van der Waals surface area contributed by atoms with E-state index in [4.69, 9.17) is 5.26 Å². The zero-order valence-electron chi connectivity index (χ0n) is 9.29. The van der Waals surface area contributed by atoms with Gasteiger partial charge in [-0.2, -0.15) is 5.26 Å². The molecule has 1 aromatic carbocycles. The molecule has 0 fully saturated rings. The predicted octanol–water partition coefficient (Wildman–Crippen LogP) is 3.56. The zero-order valence-corrected chi connectivity index (χ0v) is 10.9. The molecule has 0 aliphatic heterocycles. The number of hydrogen-bond donors (Lipinski definition) is 0. The number of hydrogen-bond acceptors (Lipinski definition) is 2. The van der Waals surface area contributed by atoms with Gasteiger partial charge in [0.1, 0.15) is 6.07 Å². The first-order valence-electron chi connectivity index (χ1n) is 5.06. The van der Waals surface area contributed by atoms with E-state index in [-0.39, 0.29) is 0 Å². The number of rotatable bonds is 3. The van der Waals surface area contributed by atoms with Crippen LogP contribution in [-0.4, -0.2) is 12.6 Å². The highest BCUT2D eigenvalue weighted by atomic mass is 79.9. The third-order valence-corrected chi connectivity index (χ3v) is 2.85. The minimum atomic E-state index is 0.399. The quantitative estimate of drug-likeness (QED) is 0.837. The van der Waals surface area contributed by atoms with Crippen LogP contribution in [0.1, 0.15) is 26.3 Å². The highest BCUT2D eigenvalue weighted by Gasteiger charge is 2.12. The zero-order chi connectivity index (χ0) is 11.4. The lowest BCUT2D eigenvalue weighted by Gasteiger charge is -2.28. The molecule has 1 rings (SSSR count). The number of halogens is 1. The van der Waals surface area contributed by atoms with Crippen LogP contribution >= 0.6 is 15.9 Å². The molecule has 0 heterocycles. The lowest BCUT2D eigenvalue weighted by molar-refractivity contribution is 0.703. The van der Waals surface area contributed by atoms with Gasteiger partial charge in [0.2, 0.25) is 0 Å². The standard InChI is InChI=1S/C12H15BrN2/c1-4-15(9(2)3)12-7-11(13)6-5-10(12)8-14/h5-7,9H,4H2,1-3H3. The van der Waals surface area contributed by atoms with Crippen molar-refractivity contribution in [3.05, 3.63) is 28.2 Å². The second kappa shape index (κ2) is 5.18. The Morgan fingerprint density at radius 2 is 2.13 bits per heavy atom. The average molecular weight is 267 g/mol. The summed E-state index contributed by atoms with van der Waals surface area (Å²) in [7, 11) is 0. The Kier molecular flexibility index (Phi) is 4.16. The Bertz CT molecular complexity index is 380. The third kappa shape index (κ3) is 2.73. The van der Waals surface area contributed by atoms with Gasteiger partial charge in [-0.25, -0.2) is 0 Å². The maximum Gasteiger partial charge on any atom is 0.101 e. The predicted molar refractivity (Wildman–Crippen MR) is 67.0 cm³/mol. The molecule has 15 heavy (non-hydrogen) atoms. The molecule has 3 heteroatoms. The van der Waals surface area contributed by atoms with Gasteiger partial charge < -0.3 is 4.90 Å². The van der Waals surface area contributed by atoms with E-state index >= 15 is 0 Å². The topological polar surface area (TPSA) is 27.0 Å². The van der Waals surface area contributed by atoms with E-state index in [1.807, 2.05) is 18.2 Å². The van der Waals surface area contributed by atoms with Gasteiger partial charge in [-0.3, -0.25) is 0 Å². The van der Waals surface area contributed by atoms with Crippen molar-refractivity contribution in [3.63, 3.8) is 0 Å². The minimum Gasteiger partial charge on any atom is -0.368 e. The summed E-state index contributed by atoms with van der Waals surface area (Å²) in [4.78, 5) is 2.21. The normalized spacial score (nSPS) is 10.1. The molecule has 0 atom stereocenters. The summed E-state index contributed by atoms with van der Waals surface area (Å²) in [5, 5.41) is 9.04. The number of anilines is 1. The molecule has 0 aliphatic rings. The molecule has 0 unspecified atom stereocenters. The molecule has 0 aliphatic carbocycles. The van der Waals surface area contributed by atoms with E-state index in [0.29, 0.717) is 6.04 Å². The van der Waals surface area contributed by atoms with E-state index in [0.717, 1.165) is 22.3 Å². The third-order valence-electron chi connectivity index (χ3n) is 2.35. The molecule has 0 radical (unpaired) electrons. The van der Waals surface area contributed by atoms with E-state index in [2.05, 4.69) is 47.7 Å². The smallest absolute Gasteiger partial charge is 0.101 e. The number of benzene rings is 1. The van der Waals surface area contributed by atoms with Crippen LogP contribution in [0.15, 0.2) is 22.7 Å². The van der Waals surface area contributed by atoms with E-state index < -0.39 is 0 Å². The van der Waals surface area contributed by atoms with Crippen molar-refractivity contribution < 1.29 is 0 Å². The fourth-order valence-corrected chi connectivity index (χ4v) is 2.00. The molecule has 80 valence electrons. The molecule has 0 bridgehead atoms.